The predicted octanol–water partition coefficient (Wildman–Crippen LogP) is 8.00. The van der Waals surface area contributed by atoms with Gasteiger partial charge in [-0.25, -0.2) is 4.99 Å². The number of nitrogens with zero attached hydrogens (tertiary/aromatic N) is 1. The van der Waals surface area contributed by atoms with E-state index in [0.29, 0.717) is 27.9 Å². The molecule has 35 heavy (non-hydrogen) atoms. The van der Waals surface area contributed by atoms with Crippen LogP contribution in [0.1, 0.15) is 43.6 Å². The summed E-state index contributed by atoms with van der Waals surface area (Å²) >= 11 is 12.3. The number of rotatable bonds is 7. The molecule has 0 heterocycles. The Labute approximate surface area is 217 Å². The van der Waals surface area contributed by atoms with Crippen molar-refractivity contribution < 1.29 is 4.79 Å². The fourth-order valence-corrected chi connectivity index (χ4v) is 3.97. The zero-order valence-electron chi connectivity index (χ0n) is 20.4. The molecule has 1 amide bonds. The molecule has 0 bridgehead atoms. The normalized spacial score (nSPS) is 15.8. The summed E-state index contributed by atoms with van der Waals surface area (Å²) in [4.78, 5) is 16.9. The van der Waals surface area contributed by atoms with Crippen molar-refractivity contribution in [2.45, 2.75) is 27.7 Å². The molecule has 0 aliphatic heterocycles. The first-order valence-electron chi connectivity index (χ1n) is 11.3. The monoisotopic (exact) mass is 505 g/mol. The van der Waals surface area contributed by atoms with Crippen LogP contribution in [0.3, 0.4) is 0 Å². The lowest BCUT2D eigenvalue weighted by molar-refractivity contribution is 0.0956. The maximum absolute atomic E-state index is 12.0. The van der Waals surface area contributed by atoms with Gasteiger partial charge in [0, 0.05) is 34.6 Å². The number of carbonyl (C=O) groups excluding carboxylic acids is 1. The van der Waals surface area contributed by atoms with Crippen molar-refractivity contribution in [1.29, 1.82) is 0 Å². The number of carbonyl (C=O) groups is 1. The van der Waals surface area contributed by atoms with Crippen LogP contribution >= 0.6 is 23.2 Å². The number of aliphatic imine (C=N–C) groups is 1. The van der Waals surface area contributed by atoms with E-state index in [1.165, 1.54) is 0 Å². The highest BCUT2D eigenvalue weighted by atomic mass is 35.5. The highest BCUT2D eigenvalue weighted by Gasteiger charge is 2.18. The number of nitrogens with one attached hydrogen (secondary N) is 2. The largest absolute Gasteiger partial charge is 0.356 e. The molecule has 6 heteroatoms. The van der Waals surface area contributed by atoms with E-state index in [1.807, 2.05) is 39.0 Å². The first-order valence-corrected chi connectivity index (χ1v) is 12.0. The summed E-state index contributed by atoms with van der Waals surface area (Å²) in [7, 11) is 0. The second kappa shape index (κ2) is 11.4. The molecule has 2 aromatic carbocycles. The van der Waals surface area contributed by atoms with Gasteiger partial charge in [0.1, 0.15) is 0 Å². The van der Waals surface area contributed by atoms with Crippen LogP contribution in [0, 0.1) is 0 Å². The SMILES string of the molecule is C=C(Nc1ccc(C(=O)NCC)cc1)/C(C)=C1\C=C(C)C=C(C)C1=NC(=C)c1ccc(Cl)c(Cl)c1. The fraction of sp³-hybridized carbons (Fsp3) is 0.172. The van der Waals surface area contributed by atoms with Gasteiger partial charge in [0.2, 0.25) is 0 Å². The molecule has 1 aliphatic rings. The van der Waals surface area contributed by atoms with Crippen molar-refractivity contribution in [2.75, 3.05) is 11.9 Å². The van der Waals surface area contributed by atoms with Crippen molar-refractivity contribution in [3.63, 3.8) is 0 Å². The number of amides is 1. The second-order valence-electron chi connectivity index (χ2n) is 8.33. The van der Waals surface area contributed by atoms with Gasteiger partial charge in [-0.05, 0) is 81.3 Å². The lowest BCUT2D eigenvalue weighted by Crippen LogP contribution is -2.22. The fourth-order valence-electron chi connectivity index (χ4n) is 3.67. The Balaban J connectivity index is 1.91. The molecule has 0 saturated carbocycles. The Bertz CT molecular complexity index is 1310. The Morgan fingerprint density at radius 1 is 0.971 bits per heavy atom. The summed E-state index contributed by atoms with van der Waals surface area (Å²) in [5.74, 6) is -0.0932. The standard InChI is InChI=1S/C29H29Cl2N3O/c1-7-32-29(35)22-8-11-24(12-9-22)33-20(5)19(4)25-15-17(2)14-18(3)28(25)34-21(6)23-10-13-26(30)27(31)16-23/h8-16,33H,5-7H2,1-4H3,(H,32,35)/b25-19+,34-28?. The smallest absolute Gasteiger partial charge is 0.251 e. The molecule has 1 aliphatic carbocycles. The van der Waals surface area contributed by atoms with Crippen LogP contribution in [0.15, 0.2) is 101 Å². The zero-order valence-corrected chi connectivity index (χ0v) is 21.9. The third-order valence-electron chi connectivity index (χ3n) is 5.58. The average molecular weight is 506 g/mol. The highest BCUT2D eigenvalue weighted by molar-refractivity contribution is 6.42. The van der Waals surface area contributed by atoms with Gasteiger partial charge in [-0.3, -0.25) is 4.79 Å². The summed E-state index contributed by atoms with van der Waals surface area (Å²) in [6, 6.07) is 12.7. The third kappa shape index (κ3) is 6.41. The van der Waals surface area contributed by atoms with E-state index in [0.717, 1.165) is 45.0 Å². The van der Waals surface area contributed by atoms with Gasteiger partial charge in [-0.2, -0.15) is 0 Å². The van der Waals surface area contributed by atoms with Crippen LogP contribution in [-0.4, -0.2) is 18.2 Å². The number of halogens is 2. The molecule has 0 saturated heterocycles. The number of allylic oxidation sites excluding steroid dienone is 6. The van der Waals surface area contributed by atoms with Crippen LogP contribution in [0.5, 0.6) is 0 Å². The minimum atomic E-state index is -0.0932. The maximum Gasteiger partial charge on any atom is 0.251 e. The number of hydrogen-bond donors (Lipinski definition) is 2. The zero-order chi connectivity index (χ0) is 25.7. The van der Waals surface area contributed by atoms with Crippen LogP contribution in [0.2, 0.25) is 10.0 Å². The first-order chi connectivity index (χ1) is 16.6. The molecular formula is C29H29Cl2N3O. The minimum absolute atomic E-state index is 0.0932. The quantitative estimate of drug-likeness (QED) is 0.400. The lowest BCUT2D eigenvalue weighted by atomic mass is 9.90. The van der Waals surface area contributed by atoms with Gasteiger partial charge in [-0.15, -0.1) is 0 Å². The summed E-state index contributed by atoms with van der Waals surface area (Å²) < 4.78 is 0. The van der Waals surface area contributed by atoms with E-state index in [1.54, 1.807) is 24.3 Å². The lowest BCUT2D eigenvalue weighted by Gasteiger charge is -2.20. The van der Waals surface area contributed by atoms with Gasteiger partial charge < -0.3 is 10.6 Å². The Morgan fingerprint density at radius 2 is 1.63 bits per heavy atom. The molecule has 0 fully saturated rings. The van der Waals surface area contributed by atoms with Crippen molar-refractivity contribution in [1.82, 2.24) is 5.32 Å². The van der Waals surface area contributed by atoms with Crippen molar-refractivity contribution in [2.24, 2.45) is 4.99 Å². The molecule has 0 unspecified atom stereocenters. The van der Waals surface area contributed by atoms with Crippen molar-refractivity contribution in [3.05, 3.63) is 117 Å². The maximum atomic E-state index is 12.0. The molecule has 180 valence electrons. The second-order valence-corrected chi connectivity index (χ2v) is 9.15. The molecule has 2 aromatic rings. The topological polar surface area (TPSA) is 53.5 Å². The van der Waals surface area contributed by atoms with E-state index < -0.39 is 0 Å². The van der Waals surface area contributed by atoms with Crippen LogP contribution < -0.4 is 10.6 Å². The van der Waals surface area contributed by atoms with Gasteiger partial charge in [0.25, 0.3) is 5.91 Å². The van der Waals surface area contributed by atoms with E-state index >= 15 is 0 Å². The molecule has 0 spiro atoms. The summed E-state index contributed by atoms with van der Waals surface area (Å²) in [5, 5.41) is 7.09. The Hall–Kier alpha value is -3.34. The van der Waals surface area contributed by atoms with Gasteiger partial charge in [-0.1, -0.05) is 54.1 Å². The van der Waals surface area contributed by atoms with Crippen molar-refractivity contribution in [3.8, 4) is 0 Å². The Morgan fingerprint density at radius 3 is 2.26 bits per heavy atom. The molecule has 0 aromatic heterocycles. The summed E-state index contributed by atoms with van der Waals surface area (Å²) in [6.07, 6.45) is 4.18. The summed E-state index contributed by atoms with van der Waals surface area (Å²) in [5.41, 5.74) is 8.44. The van der Waals surface area contributed by atoms with Crippen LogP contribution in [0.25, 0.3) is 5.70 Å². The van der Waals surface area contributed by atoms with Crippen LogP contribution in [-0.2, 0) is 0 Å². The van der Waals surface area contributed by atoms with Gasteiger partial charge in [0.15, 0.2) is 0 Å². The summed E-state index contributed by atoms with van der Waals surface area (Å²) in [6.45, 7) is 17.0. The van der Waals surface area contributed by atoms with E-state index in [-0.39, 0.29) is 5.91 Å². The predicted molar refractivity (Wildman–Crippen MR) is 150 cm³/mol. The molecule has 0 atom stereocenters. The third-order valence-corrected chi connectivity index (χ3v) is 6.32. The molecule has 4 nitrogen and oxygen atoms in total. The van der Waals surface area contributed by atoms with E-state index in [2.05, 4.69) is 42.9 Å². The number of benzene rings is 2. The number of anilines is 1. The average Bonchev–Trinajstić information content (AvgIpc) is 2.82. The van der Waals surface area contributed by atoms with Crippen molar-refractivity contribution >= 4 is 46.2 Å². The van der Waals surface area contributed by atoms with E-state index in [4.69, 9.17) is 28.2 Å². The minimum Gasteiger partial charge on any atom is -0.356 e. The first kappa shape index (κ1) is 26.3. The van der Waals surface area contributed by atoms with Gasteiger partial charge in [0.05, 0.1) is 21.5 Å². The number of hydrogen-bond acceptors (Lipinski definition) is 3. The molecule has 0 radical (unpaired) electrons. The molecule has 2 N–H and O–H groups in total. The van der Waals surface area contributed by atoms with Gasteiger partial charge >= 0.3 is 0 Å². The Kier molecular flexibility index (Phi) is 8.55. The molecule has 3 rings (SSSR count). The van der Waals surface area contributed by atoms with E-state index in [9.17, 15) is 4.79 Å². The van der Waals surface area contributed by atoms with Crippen LogP contribution in [0.4, 0.5) is 5.69 Å². The molecular weight excluding hydrogens is 477 g/mol. The highest BCUT2D eigenvalue weighted by Crippen LogP contribution is 2.30.